The Kier molecular flexibility index (Phi) is 4.41. The van der Waals surface area contributed by atoms with Crippen LogP contribution in [0.4, 0.5) is 0 Å². The molecule has 6 nitrogen and oxygen atoms in total. The van der Waals surface area contributed by atoms with Gasteiger partial charge in [-0.05, 0) is 6.42 Å². The molecule has 0 fully saturated rings. The maximum Gasteiger partial charge on any atom is 0.352 e. The Balaban J connectivity index is 1.66. The lowest BCUT2D eigenvalue weighted by molar-refractivity contribution is -0.167. The molecule has 1 aromatic heterocycles. The van der Waals surface area contributed by atoms with Gasteiger partial charge in [0.05, 0.1) is 5.92 Å². The molecule has 0 saturated heterocycles. The van der Waals surface area contributed by atoms with Crippen LogP contribution in [0.2, 0.25) is 0 Å². The Bertz CT molecular complexity index is 696. The van der Waals surface area contributed by atoms with Crippen LogP contribution in [0.5, 0.6) is 0 Å². The third-order valence-electron chi connectivity index (χ3n) is 3.86. The molecule has 3 rings (SSSR count). The number of aryl methyl sites for hydroxylation is 1. The highest BCUT2D eigenvalue weighted by molar-refractivity contribution is 5.80. The zero-order valence-electron chi connectivity index (χ0n) is 12.8. The van der Waals surface area contributed by atoms with E-state index in [0.717, 1.165) is 18.8 Å². The van der Waals surface area contributed by atoms with Crippen molar-refractivity contribution in [3.8, 4) is 0 Å². The first-order valence-corrected chi connectivity index (χ1v) is 7.55. The Morgan fingerprint density at radius 2 is 2.13 bits per heavy atom. The van der Waals surface area contributed by atoms with Crippen LogP contribution in [0.3, 0.4) is 0 Å². The Morgan fingerprint density at radius 3 is 2.87 bits per heavy atom. The van der Waals surface area contributed by atoms with Crippen LogP contribution in [-0.2, 0) is 25.6 Å². The van der Waals surface area contributed by atoms with Crippen molar-refractivity contribution in [2.75, 3.05) is 6.61 Å². The fourth-order valence-electron chi connectivity index (χ4n) is 2.76. The quantitative estimate of drug-likeness (QED) is 0.791. The molecule has 23 heavy (non-hydrogen) atoms. The SMILES string of the molecule is CC(=O)O[C@H](C(=O)OC[C@H]1CCn2ccnc21)c1ccccc1. The van der Waals surface area contributed by atoms with Crippen LogP contribution in [0.1, 0.15) is 36.8 Å². The molecule has 2 heterocycles. The van der Waals surface area contributed by atoms with E-state index in [0.29, 0.717) is 5.56 Å². The summed E-state index contributed by atoms with van der Waals surface area (Å²) < 4.78 is 12.6. The minimum absolute atomic E-state index is 0.0858. The normalized spacial score (nSPS) is 17.3. The molecule has 1 aromatic carbocycles. The topological polar surface area (TPSA) is 70.4 Å². The minimum atomic E-state index is -1.03. The van der Waals surface area contributed by atoms with Crippen molar-refractivity contribution < 1.29 is 19.1 Å². The standard InChI is InChI=1S/C17H18N2O4/c1-12(20)23-15(13-5-3-2-4-6-13)17(21)22-11-14-7-9-19-10-8-18-16(14)19/h2-6,8,10,14-15H,7,9,11H2,1H3/t14-,15+/m1/s1. The average Bonchev–Trinajstić information content (AvgIpc) is 3.15. The van der Waals surface area contributed by atoms with E-state index in [-0.39, 0.29) is 12.5 Å². The highest BCUT2D eigenvalue weighted by Crippen LogP contribution is 2.27. The molecule has 0 amide bonds. The van der Waals surface area contributed by atoms with Crippen LogP contribution in [0, 0.1) is 0 Å². The number of aromatic nitrogens is 2. The fraction of sp³-hybridized carbons (Fsp3) is 0.353. The second-order valence-corrected chi connectivity index (χ2v) is 5.49. The lowest BCUT2D eigenvalue weighted by Crippen LogP contribution is -2.23. The molecule has 0 aliphatic carbocycles. The molecule has 120 valence electrons. The number of ether oxygens (including phenoxy) is 2. The van der Waals surface area contributed by atoms with Gasteiger partial charge in [-0.2, -0.15) is 0 Å². The summed E-state index contributed by atoms with van der Waals surface area (Å²) in [6.45, 7) is 2.39. The highest BCUT2D eigenvalue weighted by Gasteiger charge is 2.29. The summed E-state index contributed by atoms with van der Waals surface area (Å²) in [7, 11) is 0. The van der Waals surface area contributed by atoms with E-state index in [4.69, 9.17) is 9.47 Å². The number of esters is 2. The number of benzene rings is 1. The number of fused-ring (bicyclic) bond motifs is 1. The van der Waals surface area contributed by atoms with Gasteiger partial charge in [0.2, 0.25) is 6.10 Å². The van der Waals surface area contributed by atoms with E-state index >= 15 is 0 Å². The summed E-state index contributed by atoms with van der Waals surface area (Å²) in [6.07, 6.45) is 3.52. The number of hydrogen-bond donors (Lipinski definition) is 0. The first-order chi connectivity index (χ1) is 11.1. The second kappa shape index (κ2) is 6.64. The van der Waals surface area contributed by atoms with Gasteiger partial charge in [0, 0.05) is 31.4 Å². The predicted molar refractivity (Wildman–Crippen MR) is 81.5 cm³/mol. The molecule has 0 N–H and O–H groups in total. The van der Waals surface area contributed by atoms with Gasteiger partial charge in [-0.1, -0.05) is 30.3 Å². The molecule has 1 aliphatic heterocycles. The first kappa shape index (κ1) is 15.3. The van der Waals surface area contributed by atoms with E-state index in [1.54, 1.807) is 30.5 Å². The van der Waals surface area contributed by atoms with E-state index in [2.05, 4.69) is 9.55 Å². The lowest BCUT2D eigenvalue weighted by Gasteiger charge is -2.17. The summed E-state index contributed by atoms with van der Waals surface area (Å²) in [4.78, 5) is 27.9. The zero-order chi connectivity index (χ0) is 16.2. The summed E-state index contributed by atoms with van der Waals surface area (Å²) in [6, 6.07) is 8.87. The van der Waals surface area contributed by atoms with E-state index < -0.39 is 18.0 Å². The second-order valence-electron chi connectivity index (χ2n) is 5.49. The van der Waals surface area contributed by atoms with Crippen molar-refractivity contribution in [1.29, 1.82) is 0 Å². The number of imidazole rings is 1. The highest BCUT2D eigenvalue weighted by atomic mass is 16.6. The maximum absolute atomic E-state index is 12.4. The van der Waals surface area contributed by atoms with Gasteiger partial charge in [0.25, 0.3) is 0 Å². The third-order valence-corrected chi connectivity index (χ3v) is 3.86. The van der Waals surface area contributed by atoms with Crippen molar-refractivity contribution in [1.82, 2.24) is 9.55 Å². The number of rotatable bonds is 5. The molecule has 0 saturated carbocycles. The van der Waals surface area contributed by atoms with Gasteiger partial charge in [0.15, 0.2) is 0 Å². The van der Waals surface area contributed by atoms with Crippen molar-refractivity contribution in [2.24, 2.45) is 0 Å². The zero-order valence-corrected chi connectivity index (χ0v) is 12.8. The molecule has 1 aliphatic rings. The van der Waals surface area contributed by atoms with Gasteiger partial charge in [0.1, 0.15) is 12.4 Å². The summed E-state index contributed by atoms with van der Waals surface area (Å²) >= 11 is 0. The molecule has 0 spiro atoms. The van der Waals surface area contributed by atoms with Gasteiger partial charge in [-0.25, -0.2) is 9.78 Å². The van der Waals surface area contributed by atoms with Crippen molar-refractivity contribution in [3.63, 3.8) is 0 Å². The van der Waals surface area contributed by atoms with Gasteiger partial charge >= 0.3 is 11.9 Å². The predicted octanol–water partition coefficient (Wildman–Crippen LogP) is 2.22. The van der Waals surface area contributed by atoms with Gasteiger partial charge in [-0.3, -0.25) is 4.79 Å². The van der Waals surface area contributed by atoms with Crippen LogP contribution >= 0.6 is 0 Å². The number of nitrogens with zero attached hydrogens (tertiary/aromatic N) is 2. The van der Waals surface area contributed by atoms with Crippen LogP contribution < -0.4 is 0 Å². The van der Waals surface area contributed by atoms with Crippen molar-refractivity contribution >= 4 is 11.9 Å². The number of carbonyl (C=O) groups excluding carboxylic acids is 2. The Hall–Kier alpha value is -2.63. The van der Waals surface area contributed by atoms with E-state index in [9.17, 15) is 9.59 Å². The monoisotopic (exact) mass is 314 g/mol. The Morgan fingerprint density at radius 1 is 1.35 bits per heavy atom. The molecular formula is C17H18N2O4. The Labute approximate surface area is 134 Å². The van der Waals surface area contributed by atoms with Crippen molar-refractivity contribution in [3.05, 3.63) is 54.1 Å². The molecule has 2 aromatic rings. The van der Waals surface area contributed by atoms with Gasteiger partial charge in [-0.15, -0.1) is 0 Å². The van der Waals surface area contributed by atoms with Crippen LogP contribution in [-0.4, -0.2) is 28.1 Å². The van der Waals surface area contributed by atoms with E-state index in [1.165, 1.54) is 6.92 Å². The van der Waals surface area contributed by atoms with Gasteiger partial charge < -0.3 is 14.0 Å². The third kappa shape index (κ3) is 3.41. The summed E-state index contributed by atoms with van der Waals surface area (Å²) in [5.74, 6) is -0.0622. The average molecular weight is 314 g/mol. The minimum Gasteiger partial charge on any atom is -0.462 e. The first-order valence-electron chi connectivity index (χ1n) is 7.55. The molecule has 2 atom stereocenters. The summed E-state index contributed by atoms with van der Waals surface area (Å²) in [5, 5.41) is 0. The molecule has 0 radical (unpaired) electrons. The smallest absolute Gasteiger partial charge is 0.352 e. The maximum atomic E-state index is 12.4. The molecule has 0 bridgehead atoms. The summed E-state index contributed by atoms with van der Waals surface area (Å²) in [5.41, 5.74) is 0.598. The lowest BCUT2D eigenvalue weighted by atomic mass is 10.1. The number of carbonyl (C=O) groups is 2. The van der Waals surface area contributed by atoms with E-state index in [1.807, 2.05) is 12.3 Å². The molecular weight excluding hydrogens is 296 g/mol. The largest absolute Gasteiger partial charge is 0.462 e. The molecule has 6 heteroatoms. The molecule has 0 unspecified atom stereocenters. The van der Waals surface area contributed by atoms with Crippen LogP contribution in [0.15, 0.2) is 42.7 Å². The van der Waals surface area contributed by atoms with Crippen LogP contribution in [0.25, 0.3) is 0 Å². The number of hydrogen-bond acceptors (Lipinski definition) is 5. The fourth-order valence-corrected chi connectivity index (χ4v) is 2.76. The van der Waals surface area contributed by atoms with Crippen molar-refractivity contribution in [2.45, 2.75) is 31.9 Å².